The first kappa shape index (κ1) is 62.2. The molecule has 0 aromatic rings. The van der Waals surface area contributed by atoms with E-state index in [1.807, 2.05) is 45.8 Å². The molecule has 18 heteroatoms. The first-order valence-corrected chi connectivity index (χ1v) is 29.1. The van der Waals surface area contributed by atoms with Gasteiger partial charge in [-0.15, -0.1) is 0 Å². The quantitative estimate of drug-likeness (QED) is 0.105. The van der Waals surface area contributed by atoms with Crippen LogP contribution in [0.1, 0.15) is 153 Å². The van der Waals surface area contributed by atoms with Crippen molar-refractivity contribution >= 4 is 17.7 Å². The van der Waals surface area contributed by atoms with Crippen molar-refractivity contribution in [1.82, 2.24) is 15.1 Å². The second kappa shape index (κ2) is 23.8. The number of ether oxygens (including phenoxy) is 6. The van der Waals surface area contributed by atoms with E-state index in [1.165, 1.54) is 14.0 Å². The van der Waals surface area contributed by atoms with Crippen molar-refractivity contribution < 1.29 is 73.4 Å². The molecule has 1 amide bonds. The molecule has 7 N–H and O–H groups in total. The van der Waals surface area contributed by atoms with Crippen LogP contribution in [0.2, 0.25) is 0 Å². The highest BCUT2D eigenvalue weighted by molar-refractivity contribution is 6.01. The van der Waals surface area contributed by atoms with Gasteiger partial charge in [-0.05, 0) is 156 Å². The van der Waals surface area contributed by atoms with E-state index in [2.05, 4.69) is 31.0 Å². The summed E-state index contributed by atoms with van der Waals surface area (Å²) in [6.45, 7) is 21.6. The molecule has 3 saturated heterocycles. The summed E-state index contributed by atoms with van der Waals surface area (Å²) in [7, 11) is 5.35. The molecule has 77 heavy (non-hydrogen) atoms. The van der Waals surface area contributed by atoms with Gasteiger partial charge in [0.25, 0.3) is 5.91 Å². The van der Waals surface area contributed by atoms with Crippen LogP contribution in [-0.2, 0) is 42.8 Å². The topological polar surface area (TPSA) is 246 Å². The lowest BCUT2D eigenvalue weighted by Crippen LogP contribution is -2.63. The summed E-state index contributed by atoms with van der Waals surface area (Å²) in [6.07, 6.45) is 0.969. The zero-order valence-corrected chi connectivity index (χ0v) is 48.9. The number of amides is 1. The predicted octanol–water partition coefficient (Wildman–Crippen LogP) is 4.57. The Morgan fingerprint density at radius 3 is 2.29 bits per heavy atom. The number of nitrogens with zero attached hydrogens (tertiary/aromatic N) is 2. The van der Waals surface area contributed by atoms with Crippen LogP contribution in [0.5, 0.6) is 0 Å². The second-order valence-corrected chi connectivity index (χ2v) is 26.4. The highest BCUT2D eigenvalue weighted by atomic mass is 16.7. The Morgan fingerprint density at radius 1 is 0.922 bits per heavy atom. The Balaban J connectivity index is 1.11. The second-order valence-electron chi connectivity index (χ2n) is 26.4. The minimum atomic E-state index is -1.91. The van der Waals surface area contributed by atoms with Crippen LogP contribution in [0.25, 0.3) is 0 Å². The Kier molecular flexibility index (Phi) is 19.2. The van der Waals surface area contributed by atoms with Crippen LogP contribution in [0.4, 0.5) is 0 Å². The molecule has 18 nitrogen and oxygen atoms in total. The van der Waals surface area contributed by atoms with Crippen molar-refractivity contribution in [3.05, 3.63) is 23.8 Å². The molecule has 7 rings (SSSR count). The largest absolute Gasteiger partial charge is 0.459 e. The Labute approximate surface area is 458 Å². The molecule has 0 spiro atoms. The van der Waals surface area contributed by atoms with Crippen molar-refractivity contribution in [1.29, 1.82) is 0 Å². The van der Waals surface area contributed by atoms with E-state index < -0.39 is 118 Å². The fraction of sp³-hybridized carbons (Fsp3) is 0.881. The molecule has 6 fully saturated rings. The van der Waals surface area contributed by atoms with E-state index >= 15 is 0 Å². The van der Waals surface area contributed by atoms with Gasteiger partial charge in [0.05, 0.1) is 42.0 Å². The molecule has 0 bridgehead atoms. The molecule has 0 aromatic carbocycles. The van der Waals surface area contributed by atoms with Crippen LogP contribution >= 0.6 is 0 Å². The number of aliphatic hydroxyl groups is 6. The van der Waals surface area contributed by atoms with Crippen LogP contribution in [0, 0.1) is 39.9 Å². The Hall–Kier alpha value is -2.43. The van der Waals surface area contributed by atoms with Crippen LogP contribution < -0.4 is 5.32 Å². The molecule has 4 aliphatic carbocycles. The number of carbonyl (C=O) groups excluding carboxylic acids is 3. The lowest BCUT2D eigenvalue weighted by atomic mass is 9.46. The van der Waals surface area contributed by atoms with Gasteiger partial charge in [-0.2, -0.15) is 0 Å². The number of esters is 1. The molecule has 0 radical (unpaired) electrons. The molecule has 0 aromatic heterocycles. The summed E-state index contributed by atoms with van der Waals surface area (Å²) >= 11 is 0. The summed E-state index contributed by atoms with van der Waals surface area (Å²) in [5.74, 6) is -2.17. The molecule has 5 unspecified atom stereocenters. The third kappa shape index (κ3) is 12.1. The van der Waals surface area contributed by atoms with E-state index in [0.717, 1.165) is 18.4 Å². The van der Waals surface area contributed by atoms with Crippen LogP contribution in [0.15, 0.2) is 23.8 Å². The average Bonchev–Trinajstić information content (AvgIpc) is 3.64. The summed E-state index contributed by atoms with van der Waals surface area (Å²) in [5, 5.41) is 74.9. The maximum absolute atomic E-state index is 14.6. The number of likely N-dealkylation sites (N-methyl/N-ethyl adjacent to an activating group) is 1. The van der Waals surface area contributed by atoms with Gasteiger partial charge in [0, 0.05) is 61.9 Å². The van der Waals surface area contributed by atoms with Gasteiger partial charge in [-0.3, -0.25) is 19.3 Å². The van der Waals surface area contributed by atoms with Gasteiger partial charge in [0.1, 0.15) is 35.6 Å². The highest BCUT2D eigenvalue weighted by Crippen LogP contribution is 2.67. The van der Waals surface area contributed by atoms with Gasteiger partial charge in [0.15, 0.2) is 18.4 Å². The summed E-state index contributed by atoms with van der Waals surface area (Å²) in [5.41, 5.74) is -5.58. The zero-order valence-electron chi connectivity index (χ0n) is 48.9. The van der Waals surface area contributed by atoms with Gasteiger partial charge >= 0.3 is 5.97 Å². The smallest absolute Gasteiger partial charge is 0.311 e. The standard InChI is InChI=1S/C59H99N3O15/c1-15-44-58(11,70)49(66)35(4)62(27-17-25-60-53(69)59(71)24-21-40-39-19-18-37-29-38(63)20-23-55(37,8)47(39)42(64)31-56(40,59)9)26-16-22-54(6,7)45(77-52-48(65)41(61(12)13)28-33(2)73-52)30-43(34(3)51(68)76-44)75-46-32-57(10,72-14)50(67)36(5)74-46/h20,23,29,33-36,39-50,52,64-67,70-71H,15-19,21-22,24-28,30-32H2,1-14H3,(H,60,69)/t33-,34+,35+,36+,39?,40?,41-,42?,43-,44+,45+,46+,47?,48?,49-,50+,52+,55-,56-,57-,58-,59-/m0/s1. The molecule has 3 saturated carbocycles. The number of cyclic esters (lactones) is 1. The predicted molar refractivity (Wildman–Crippen MR) is 288 cm³/mol. The SMILES string of the molecule is CC[C@H]1OC(=O)[C@H](C)[C@@H](O[C@@H]2C[C@](C)(OC)[C@H](O)[C@@H](C)O2)C[C@@H](O[C@H]2O[C@@H](C)C[C@H](N(C)C)C2O)C(C)(C)CCCN(CCCNC(=O)[C@@]2(O)CCC3C4CCC5=CC(=O)C=C[C@]5(C)C4C(O)C[C@@]32C)[C@H](C)[C@H](O)[C@@]1(C)O. The van der Waals surface area contributed by atoms with Crippen molar-refractivity contribution in [2.45, 2.75) is 250 Å². The van der Waals surface area contributed by atoms with E-state index in [4.69, 9.17) is 28.4 Å². The number of nitrogens with one attached hydrogen (secondary N) is 1. The number of carbonyl (C=O) groups is 3. The van der Waals surface area contributed by atoms with Crippen molar-refractivity contribution in [2.24, 2.45) is 39.9 Å². The Morgan fingerprint density at radius 2 is 1.62 bits per heavy atom. The maximum Gasteiger partial charge on any atom is 0.311 e. The van der Waals surface area contributed by atoms with Crippen LogP contribution in [-0.4, -0.2) is 195 Å². The van der Waals surface area contributed by atoms with E-state index in [0.29, 0.717) is 45.2 Å². The fourth-order valence-corrected chi connectivity index (χ4v) is 15.4. The number of methoxy groups -OCH3 is 1. The lowest BCUT2D eigenvalue weighted by molar-refractivity contribution is -0.303. The number of allylic oxidation sites excluding steroid dienone is 4. The lowest BCUT2D eigenvalue weighted by Gasteiger charge is -2.59. The molecular formula is C59H99N3O15. The van der Waals surface area contributed by atoms with E-state index in [9.17, 15) is 45.0 Å². The third-order valence-corrected chi connectivity index (χ3v) is 20.7. The summed E-state index contributed by atoms with van der Waals surface area (Å²) < 4.78 is 38.4. The molecule has 440 valence electrons. The molecule has 3 aliphatic heterocycles. The van der Waals surface area contributed by atoms with Gasteiger partial charge in [0.2, 0.25) is 0 Å². The number of aliphatic hydroxyl groups excluding tert-OH is 4. The van der Waals surface area contributed by atoms with Crippen molar-refractivity contribution in [3.63, 3.8) is 0 Å². The van der Waals surface area contributed by atoms with Gasteiger partial charge in [-0.25, -0.2) is 0 Å². The fourth-order valence-electron chi connectivity index (χ4n) is 15.4. The number of hydrogen-bond donors (Lipinski definition) is 7. The minimum absolute atomic E-state index is 0.00384. The van der Waals surface area contributed by atoms with E-state index in [-0.39, 0.29) is 74.3 Å². The summed E-state index contributed by atoms with van der Waals surface area (Å²) in [6, 6.07) is -0.909. The first-order valence-electron chi connectivity index (χ1n) is 29.1. The summed E-state index contributed by atoms with van der Waals surface area (Å²) in [4.78, 5) is 45.4. The van der Waals surface area contributed by atoms with E-state index in [1.54, 1.807) is 39.8 Å². The number of rotatable bonds is 12. The van der Waals surface area contributed by atoms with Crippen molar-refractivity contribution in [2.75, 3.05) is 40.8 Å². The number of fused-ring (bicyclic) bond motifs is 5. The first-order chi connectivity index (χ1) is 35.9. The van der Waals surface area contributed by atoms with Gasteiger partial charge in [-0.1, -0.05) is 46.3 Å². The molecule has 3 heterocycles. The van der Waals surface area contributed by atoms with Gasteiger partial charge < -0.3 is 69.3 Å². The van der Waals surface area contributed by atoms with Crippen LogP contribution in [0.3, 0.4) is 0 Å². The normalized spacial score (nSPS) is 47.2. The molecule has 7 aliphatic rings. The molecule has 22 atom stereocenters. The van der Waals surface area contributed by atoms with Crippen molar-refractivity contribution in [3.8, 4) is 0 Å². The Bertz CT molecular complexity index is 2140. The molecular weight excluding hydrogens is 991 g/mol. The zero-order chi connectivity index (χ0) is 57.0. The number of ketones is 1. The highest BCUT2D eigenvalue weighted by Gasteiger charge is 2.68. The third-order valence-electron chi connectivity index (χ3n) is 20.7. The maximum atomic E-state index is 14.6. The minimum Gasteiger partial charge on any atom is -0.459 e. The number of hydrogen-bond acceptors (Lipinski definition) is 17. The average molecular weight is 1090 g/mol. The monoisotopic (exact) mass is 1090 g/mol.